The number of ether oxygens (including phenoxy) is 1. The zero-order chi connectivity index (χ0) is 13.0. The van der Waals surface area contributed by atoms with E-state index in [1.165, 1.54) is 0 Å². The third kappa shape index (κ3) is 3.48. The molecule has 0 bridgehead atoms. The maximum atomic E-state index is 12.0. The second kappa shape index (κ2) is 6.23. The highest BCUT2D eigenvalue weighted by Gasteiger charge is 2.28. The second-order valence-electron chi connectivity index (χ2n) is 4.70. The van der Waals surface area contributed by atoms with Gasteiger partial charge in [-0.1, -0.05) is 46.3 Å². The summed E-state index contributed by atoms with van der Waals surface area (Å²) in [5.41, 5.74) is 1.02. The number of rotatable bonds is 2. The molecule has 2 rings (SSSR count). The predicted octanol–water partition coefficient (Wildman–Crippen LogP) is 3.57. The van der Waals surface area contributed by atoms with Crippen LogP contribution < -0.4 is 0 Å². The van der Waals surface area contributed by atoms with Crippen LogP contribution in [0, 0.1) is 0 Å². The van der Waals surface area contributed by atoms with Gasteiger partial charge in [-0.05, 0) is 25.3 Å². The van der Waals surface area contributed by atoms with Crippen molar-refractivity contribution in [2.24, 2.45) is 0 Å². The predicted molar refractivity (Wildman–Crippen MR) is 74.7 cm³/mol. The molecule has 1 heterocycles. The Kier molecular flexibility index (Phi) is 4.64. The van der Waals surface area contributed by atoms with Gasteiger partial charge in [0.25, 0.3) is 0 Å². The summed E-state index contributed by atoms with van der Waals surface area (Å²) >= 11 is 3.60. The van der Waals surface area contributed by atoms with Crippen LogP contribution in [0.1, 0.15) is 25.3 Å². The van der Waals surface area contributed by atoms with Gasteiger partial charge in [-0.2, -0.15) is 0 Å². The molecule has 0 saturated carbocycles. The summed E-state index contributed by atoms with van der Waals surface area (Å²) in [6.07, 6.45) is 1.77. The van der Waals surface area contributed by atoms with E-state index in [-0.39, 0.29) is 12.1 Å². The molecule has 0 aliphatic carbocycles. The van der Waals surface area contributed by atoms with Gasteiger partial charge in [0.1, 0.15) is 6.61 Å². The van der Waals surface area contributed by atoms with Crippen molar-refractivity contribution in [3.63, 3.8) is 0 Å². The average molecular weight is 312 g/mol. The van der Waals surface area contributed by atoms with Gasteiger partial charge in [0.2, 0.25) is 0 Å². The van der Waals surface area contributed by atoms with Crippen LogP contribution in [0.2, 0.25) is 0 Å². The van der Waals surface area contributed by atoms with Crippen molar-refractivity contribution in [3.05, 3.63) is 35.9 Å². The lowest BCUT2D eigenvalue weighted by atomic mass is 10.0. The molecule has 0 aromatic heterocycles. The minimum Gasteiger partial charge on any atom is -0.445 e. The highest BCUT2D eigenvalue weighted by Crippen LogP contribution is 2.23. The number of hydrogen-bond donors (Lipinski definition) is 0. The van der Waals surface area contributed by atoms with E-state index in [0.717, 1.165) is 24.9 Å². The molecule has 1 aliphatic rings. The molecule has 98 valence electrons. The van der Waals surface area contributed by atoms with Crippen molar-refractivity contribution in [1.82, 2.24) is 4.90 Å². The Bertz CT molecular complexity index is 396. The van der Waals surface area contributed by atoms with Gasteiger partial charge in [0, 0.05) is 17.4 Å². The van der Waals surface area contributed by atoms with Gasteiger partial charge in [0.15, 0.2) is 0 Å². The third-order valence-corrected chi connectivity index (χ3v) is 4.08. The van der Waals surface area contributed by atoms with Crippen LogP contribution in [0.3, 0.4) is 0 Å². The topological polar surface area (TPSA) is 29.5 Å². The fourth-order valence-electron chi connectivity index (χ4n) is 2.19. The van der Waals surface area contributed by atoms with E-state index in [0.29, 0.717) is 11.4 Å². The Hall–Kier alpha value is -1.03. The van der Waals surface area contributed by atoms with E-state index in [1.807, 2.05) is 35.2 Å². The van der Waals surface area contributed by atoms with Crippen molar-refractivity contribution in [1.29, 1.82) is 0 Å². The Morgan fingerprint density at radius 2 is 2.17 bits per heavy atom. The van der Waals surface area contributed by atoms with Gasteiger partial charge >= 0.3 is 6.09 Å². The summed E-state index contributed by atoms with van der Waals surface area (Å²) in [4.78, 5) is 14.3. The van der Waals surface area contributed by atoms with Crippen LogP contribution in [0.15, 0.2) is 30.3 Å². The van der Waals surface area contributed by atoms with Crippen LogP contribution >= 0.6 is 15.9 Å². The summed E-state index contributed by atoms with van der Waals surface area (Å²) in [5.74, 6) is 0. The number of alkyl halides is 1. The largest absolute Gasteiger partial charge is 0.445 e. The van der Waals surface area contributed by atoms with Crippen molar-refractivity contribution in [2.45, 2.75) is 37.2 Å². The molecular formula is C14H18BrNO2. The number of carbonyl (C=O) groups excluding carboxylic acids is 1. The van der Waals surface area contributed by atoms with Crippen LogP contribution in [-0.4, -0.2) is 28.4 Å². The summed E-state index contributed by atoms with van der Waals surface area (Å²) in [7, 11) is 0. The zero-order valence-electron chi connectivity index (χ0n) is 10.5. The van der Waals surface area contributed by atoms with Gasteiger partial charge in [-0.3, -0.25) is 0 Å². The summed E-state index contributed by atoms with van der Waals surface area (Å²) < 4.78 is 5.34. The van der Waals surface area contributed by atoms with Crippen LogP contribution in [0.4, 0.5) is 4.79 Å². The van der Waals surface area contributed by atoms with Crippen LogP contribution in [0.5, 0.6) is 0 Å². The maximum absolute atomic E-state index is 12.0. The number of halogens is 1. The number of hydrogen-bond acceptors (Lipinski definition) is 2. The quantitative estimate of drug-likeness (QED) is 0.781. The molecule has 1 fully saturated rings. The number of nitrogens with zero attached hydrogens (tertiary/aromatic N) is 1. The van der Waals surface area contributed by atoms with E-state index >= 15 is 0 Å². The molecule has 18 heavy (non-hydrogen) atoms. The first-order valence-electron chi connectivity index (χ1n) is 6.28. The summed E-state index contributed by atoms with van der Waals surface area (Å²) in [6.45, 7) is 3.18. The zero-order valence-corrected chi connectivity index (χ0v) is 12.1. The number of carbonyl (C=O) groups is 1. The molecule has 3 nitrogen and oxygen atoms in total. The second-order valence-corrected chi connectivity index (χ2v) is 6.00. The Balaban J connectivity index is 1.85. The van der Waals surface area contributed by atoms with E-state index < -0.39 is 0 Å². The molecule has 1 aliphatic heterocycles. The third-order valence-electron chi connectivity index (χ3n) is 3.25. The highest BCUT2D eigenvalue weighted by atomic mass is 79.9. The van der Waals surface area contributed by atoms with Crippen molar-refractivity contribution in [3.8, 4) is 0 Å². The fraction of sp³-hybridized carbons (Fsp3) is 0.500. The number of benzene rings is 1. The molecule has 1 saturated heterocycles. The lowest BCUT2D eigenvalue weighted by Crippen LogP contribution is -2.45. The van der Waals surface area contributed by atoms with E-state index in [4.69, 9.17) is 4.74 Å². The standard InChI is InChI=1S/C14H18BrNO2/c1-11-9-13(15)7-8-16(11)14(17)18-10-12-5-3-2-4-6-12/h2-6,11,13H,7-10H2,1H3. The molecule has 1 aromatic carbocycles. The van der Waals surface area contributed by atoms with E-state index in [9.17, 15) is 4.79 Å². The molecule has 4 heteroatoms. The monoisotopic (exact) mass is 311 g/mol. The molecule has 2 atom stereocenters. The molecule has 1 amide bonds. The summed E-state index contributed by atoms with van der Waals surface area (Å²) in [5, 5.41) is 0. The minimum atomic E-state index is -0.203. The molecule has 2 unspecified atom stereocenters. The number of piperidine rings is 1. The smallest absolute Gasteiger partial charge is 0.410 e. The van der Waals surface area contributed by atoms with Gasteiger partial charge in [-0.25, -0.2) is 4.79 Å². The lowest BCUT2D eigenvalue weighted by molar-refractivity contribution is 0.0734. The van der Waals surface area contributed by atoms with E-state index in [1.54, 1.807) is 0 Å². The Labute approximate surface area is 116 Å². The van der Waals surface area contributed by atoms with Crippen LogP contribution in [0.25, 0.3) is 0 Å². The number of amides is 1. The first-order chi connectivity index (χ1) is 8.66. The first kappa shape index (κ1) is 13.4. The molecule has 0 spiro atoms. The number of likely N-dealkylation sites (tertiary alicyclic amines) is 1. The van der Waals surface area contributed by atoms with E-state index in [2.05, 4.69) is 22.9 Å². The normalized spacial score (nSPS) is 23.8. The maximum Gasteiger partial charge on any atom is 0.410 e. The SMILES string of the molecule is CC1CC(Br)CCN1C(=O)OCc1ccccc1. The Morgan fingerprint density at radius 3 is 2.83 bits per heavy atom. The highest BCUT2D eigenvalue weighted by molar-refractivity contribution is 9.09. The minimum absolute atomic E-state index is 0.203. The fourth-order valence-corrected chi connectivity index (χ4v) is 2.93. The Morgan fingerprint density at radius 1 is 1.44 bits per heavy atom. The molecule has 0 N–H and O–H groups in total. The average Bonchev–Trinajstić information content (AvgIpc) is 2.37. The molecule has 0 radical (unpaired) electrons. The van der Waals surface area contributed by atoms with Gasteiger partial charge < -0.3 is 9.64 Å². The molecule has 1 aromatic rings. The first-order valence-corrected chi connectivity index (χ1v) is 7.20. The molecular weight excluding hydrogens is 294 g/mol. The van der Waals surface area contributed by atoms with Crippen molar-refractivity contribution < 1.29 is 9.53 Å². The van der Waals surface area contributed by atoms with Crippen molar-refractivity contribution in [2.75, 3.05) is 6.54 Å². The van der Waals surface area contributed by atoms with Crippen LogP contribution in [-0.2, 0) is 11.3 Å². The van der Waals surface area contributed by atoms with Gasteiger partial charge in [0.05, 0.1) is 0 Å². The lowest BCUT2D eigenvalue weighted by Gasteiger charge is -2.34. The summed E-state index contributed by atoms with van der Waals surface area (Å²) in [6, 6.07) is 10.0. The van der Waals surface area contributed by atoms with Crippen molar-refractivity contribution >= 4 is 22.0 Å². The van der Waals surface area contributed by atoms with Gasteiger partial charge in [-0.15, -0.1) is 0 Å².